The number of nitrogens with one attached hydrogen (secondary N) is 1. The van der Waals surface area contributed by atoms with E-state index in [1.807, 2.05) is 39.8 Å². The van der Waals surface area contributed by atoms with Crippen molar-refractivity contribution in [2.45, 2.75) is 44.9 Å². The number of aryl methyl sites for hydroxylation is 2. The Balaban J connectivity index is 1.76. The smallest absolute Gasteiger partial charge is 0.260 e. The molecule has 0 aliphatic heterocycles. The lowest BCUT2D eigenvalue weighted by atomic mass is 10.1. The maximum Gasteiger partial charge on any atom is 0.260 e. The van der Waals surface area contributed by atoms with Crippen molar-refractivity contribution >= 4 is 21.4 Å². The van der Waals surface area contributed by atoms with Crippen LogP contribution in [-0.2, 0) is 14.6 Å². The van der Waals surface area contributed by atoms with Gasteiger partial charge in [-0.05, 0) is 37.6 Å². The molecule has 0 radical (unpaired) electrons. The molecule has 0 aliphatic rings. The molecule has 8 heteroatoms. The maximum absolute atomic E-state index is 12.6. The van der Waals surface area contributed by atoms with Crippen molar-refractivity contribution in [1.29, 1.82) is 0 Å². The van der Waals surface area contributed by atoms with E-state index < -0.39 is 15.7 Å². The number of aromatic nitrogens is 2. The molecule has 0 saturated heterocycles. The van der Waals surface area contributed by atoms with Gasteiger partial charge in [0.1, 0.15) is 0 Å². The lowest BCUT2D eigenvalue weighted by Crippen LogP contribution is -2.18. The molecule has 0 bridgehead atoms. The van der Waals surface area contributed by atoms with Gasteiger partial charge in [0.05, 0.1) is 21.9 Å². The zero-order chi connectivity index (χ0) is 21.9. The SMILES string of the molecule is Cc1ccc(S(=O)(=O)CCC(=O)Nc2c(C)cccc2-c2nc(C(C)C)no2)cc1. The van der Waals surface area contributed by atoms with Crippen LogP contribution in [0, 0.1) is 13.8 Å². The number of carbonyl (C=O) groups excluding carboxylic acids is 1. The number of amides is 1. The Morgan fingerprint density at radius 3 is 2.43 bits per heavy atom. The van der Waals surface area contributed by atoms with E-state index in [2.05, 4.69) is 15.5 Å². The van der Waals surface area contributed by atoms with E-state index in [4.69, 9.17) is 4.52 Å². The van der Waals surface area contributed by atoms with Crippen LogP contribution in [-0.4, -0.2) is 30.2 Å². The van der Waals surface area contributed by atoms with Crippen molar-refractivity contribution in [3.8, 4) is 11.5 Å². The first-order valence-electron chi connectivity index (χ1n) is 9.70. The molecule has 1 heterocycles. The minimum absolute atomic E-state index is 0.109. The zero-order valence-corrected chi connectivity index (χ0v) is 18.3. The van der Waals surface area contributed by atoms with E-state index in [0.717, 1.165) is 11.1 Å². The van der Waals surface area contributed by atoms with Gasteiger partial charge in [-0.1, -0.05) is 48.8 Å². The number of anilines is 1. The summed E-state index contributed by atoms with van der Waals surface area (Å²) in [4.78, 5) is 17.2. The average Bonchev–Trinajstić information content (AvgIpc) is 3.19. The van der Waals surface area contributed by atoms with Crippen LogP contribution in [0.2, 0.25) is 0 Å². The van der Waals surface area contributed by atoms with Gasteiger partial charge in [0, 0.05) is 12.3 Å². The molecule has 0 saturated carbocycles. The fraction of sp³-hybridized carbons (Fsp3) is 0.318. The van der Waals surface area contributed by atoms with Crippen molar-refractivity contribution in [3.05, 3.63) is 59.4 Å². The van der Waals surface area contributed by atoms with Gasteiger partial charge in [-0.3, -0.25) is 4.79 Å². The van der Waals surface area contributed by atoms with Crippen molar-refractivity contribution in [1.82, 2.24) is 10.1 Å². The molecule has 0 spiro atoms. The third-order valence-corrected chi connectivity index (χ3v) is 6.44. The first-order chi connectivity index (χ1) is 14.2. The third kappa shape index (κ3) is 4.94. The zero-order valence-electron chi connectivity index (χ0n) is 17.5. The molecule has 30 heavy (non-hydrogen) atoms. The second-order valence-electron chi connectivity index (χ2n) is 7.54. The molecule has 0 atom stereocenters. The van der Waals surface area contributed by atoms with Gasteiger partial charge in [0.2, 0.25) is 5.91 Å². The van der Waals surface area contributed by atoms with E-state index in [1.54, 1.807) is 30.3 Å². The number of rotatable bonds is 7. The summed E-state index contributed by atoms with van der Waals surface area (Å²) in [5.74, 6) is 0.321. The number of benzene rings is 2. The lowest BCUT2D eigenvalue weighted by molar-refractivity contribution is -0.115. The highest BCUT2D eigenvalue weighted by molar-refractivity contribution is 7.91. The molecule has 158 valence electrons. The first-order valence-corrected chi connectivity index (χ1v) is 11.4. The number of nitrogens with zero attached hydrogens (tertiary/aromatic N) is 2. The van der Waals surface area contributed by atoms with Gasteiger partial charge >= 0.3 is 0 Å². The molecule has 3 aromatic rings. The van der Waals surface area contributed by atoms with Crippen LogP contribution in [0.15, 0.2) is 51.9 Å². The molecule has 1 aromatic heterocycles. The quantitative estimate of drug-likeness (QED) is 0.604. The molecule has 0 unspecified atom stereocenters. The molecule has 7 nitrogen and oxygen atoms in total. The van der Waals surface area contributed by atoms with E-state index in [1.165, 1.54) is 0 Å². The van der Waals surface area contributed by atoms with E-state index in [0.29, 0.717) is 23.0 Å². The van der Waals surface area contributed by atoms with E-state index in [-0.39, 0.29) is 23.0 Å². The van der Waals surface area contributed by atoms with Crippen molar-refractivity contribution in [2.24, 2.45) is 0 Å². The van der Waals surface area contributed by atoms with Gasteiger partial charge < -0.3 is 9.84 Å². The topological polar surface area (TPSA) is 102 Å². The molecule has 1 N–H and O–H groups in total. The predicted octanol–water partition coefficient (Wildman–Crippen LogP) is 4.28. The van der Waals surface area contributed by atoms with Crippen LogP contribution in [0.3, 0.4) is 0 Å². The average molecular weight is 428 g/mol. The van der Waals surface area contributed by atoms with Crippen molar-refractivity contribution in [3.63, 3.8) is 0 Å². The minimum Gasteiger partial charge on any atom is -0.334 e. The summed E-state index contributed by atoms with van der Waals surface area (Å²) in [5, 5.41) is 6.79. The fourth-order valence-electron chi connectivity index (χ4n) is 2.88. The summed E-state index contributed by atoms with van der Waals surface area (Å²) in [5.41, 5.74) is 2.92. The first kappa shape index (κ1) is 21.7. The third-order valence-electron chi connectivity index (χ3n) is 4.70. The normalized spacial score (nSPS) is 11.6. The second-order valence-corrected chi connectivity index (χ2v) is 9.65. The highest BCUT2D eigenvalue weighted by Crippen LogP contribution is 2.30. The standard InChI is InChI=1S/C22H25N3O4S/c1-14(2)21-24-22(29-25-21)18-7-5-6-16(4)20(18)23-19(26)12-13-30(27,28)17-10-8-15(3)9-11-17/h5-11,14H,12-13H2,1-4H3,(H,23,26). The van der Waals surface area contributed by atoms with Gasteiger partial charge in [0.25, 0.3) is 5.89 Å². The highest BCUT2D eigenvalue weighted by Gasteiger charge is 2.20. The van der Waals surface area contributed by atoms with Crippen LogP contribution in [0.5, 0.6) is 0 Å². The predicted molar refractivity (Wildman–Crippen MR) is 115 cm³/mol. The number of carbonyl (C=O) groups is 1. The molecular weight excluding hydrogens is 402 g/mol. The number of hydrogen-bond donors (Lipinski definition) is 1. The maximum atomic E-state index is 12.6. The number of hydrogen-bond acceptors (Lipinski definition) is 6. The largest absolute Gasteiger partial charge is 0.334 e. The molecular formula is C22H25N3O4S. The Labute approximate surface area is 176 Å². The van der Waals surface area contributed by atoms with Crippen molar-refractivity contribution < 1.29 is 17.7 Å². The Kier molecular flexibility index (Phi) is 6.36. The van der Waals surface area contributed by atoms with Crippen LogP contribution in [0.4, 0.5) is 5.69 Å². The summed E-state index contributed by atoms with van der Waals surface area (Å²) >= 11 is 0. The number of para-hydroxylation sites is 1. The minimum atomic E-state index is -3.54. The molecule has 2 aromatic carbocycles. The van der Waals surface area contributed by atoms with Gasteiger partial charge in [-0.2, -0.15) is 4.98 Å². The summed E-state index contributed by atoms with van der Waals surface area (Å²) in [6.45, 7) is 7.66. The van der Waals surface area contributed by atoms with Gasteiger partial charge in [0.15, 0.2) is 15.7 Å². The van der Waals surface area contributed by atoms with Crippen LogP contribution in [0.25, 0.3) is 11.5 Å². The van der Waals surface area contributed by atoms with Gasteiger partial charge in [-0.15, -0.1) is 0 Å². The molecule has 3 rings (SSSR count). The Hall–Kier alpha value is -3.00. The van der Waals surface area contributed by atoms with E-state index in [9.17, 15) is 13.2 Å². The summed E-state index contributed by atoms with van der Waals surface area (Å²) in [7, 11) is -3.54. The summed E-state index contributed by atoms with van der Waals surface area (Å²) in [6, 6.07) is 12.1. The lowest BCUT2D eigenvalue weighted by Gasteiger charge is -2.12. The Bertz CT molecular complexity index is 1150. The summed E-state index contributed by atoms with van der Waals surface area (Å²) < 4.78 is 30.4. The van der Waals surface area contributed by atoms with Crippen molar-refractivity contribution in [2.75, 3.05) is 11.1 Å². The molecule has 0 aliphatic carbocycles. The number of sulfone groups is 1. The van der Waals surface area contributed by atoms with Crippen LogP contribution in [0.1, 0.15) is 43.1 Å². The second kappa shape index (κ2) is 8.79. The van der Waals surface area contributed by atoms with E-state index >= 15 is 0 Å². The molecule has 1 amide bonds. The fourth-order valence-corrected chi connectivity index (χ4v) is 4.12. The Morgan fingerprint density at radius 2 is 1.80 bits per heavy atom. The monoisotopic (exact) mass is 427 g/mol. The summed E-state index contributed by atoms with van der Waals surface area (Å²) in [6.07, 6.45) is -0.162. The van der Waals surface area contributed by atoms with Crippen LogP contribution < -0.4 is 5.32 Å². The Morgan fingerprint density at radius 1 is 1.10 bits per heavy atom. The van der Waals surface area contributed by atoms with Crippen LogP contribution >= 0.6 is 0 Å². The highest BCUT2D eigenvalue weighted by atomic mass is 32.2. The molecule has 0 fully saturated rings. The van der Waals surface area contributed by atoms with Gasteiger partial charge in [-0.25, -0.2) is 8.42 Å².